The minimum atomic E-state index is -0.118. The van der Waals surface area contributed by atoms with Gasteiger partial charge in [0.25, 0.3) is 0 Å². The summed E-state index contributed by atoms with van der Waals surface area (Å²) < 4.78 is 7.02. The maximum Gasteiger partial charge on any atom is 0.236 e. The molecule has 1 N–H and O–H groups in total. The van der Waals surface area contributed by atoms with Crippen LogP contribution in [0.3, 0.4) is 0 Å². The van der Waals surface area contributed by atoms with E-state index in [-0.39, 0.29) is 11.8 Å². The van der Waals surface area contributed by atoms with Crippen LogP contribution in [0.1, 0.15) is 6.92 Å². The Hall–Kier alpha value is -1.52. The molecule has 1 atom stereocenters. The van der Waals surface area contributed by atoms with Gasteiger partial charge in [-0.15, -0.1) is 0 Å². The van der Waals surface area contributed by atoms with Crippen molar-refractivity contribution in [1.82, 2.24) is 9.78 Å². The van der Waals surface area contributed by atoms with Crippen molar-refractivity contribution < 1.29 is 9.53 Å². The number of hydrogen-bond acceptors (Lipinski definition) is 3. The predicted octanol–water partition coefficient (Wildman–Crippen LogP) is 0.387. The molecule has 0 fully saturated rings. The fourth-order valence-electron chi connectivity index (χ4n) is 1.22. The highest BCUT2D eigenvalue weighted by molar-refractivity contribution is 5.94. The molecule has 0 radical (unpaired) electrons. The van der Waals surface area contributed by atoms with Crippen LogP contribution in [0.15, 0.2) is 6.20 Å². The number of nitrogens with zero attached hydrogens (tertiary/aromatic N) is 2. The molecule has 0 aliphatic carbocycles. The average Bonchev–Trinajstić information content (AvgIpc) is 2.36. The van der Waals surface area contributed by atoms with Crippen molar-refractivity contribution in [2.24, 2.45) is 13.0 Å². The first-order valence-electron chi connectivity index (χ1n) is 4.14. The van der Waals surface area contributed by atoms with E-state index in [4.69, 9.17) is 4.74 Å². The molecule has 0 aromatic carbocycles. The molecule has 2 heterocycles. The van der Waals surface area contributed by atoms with E-state index in [2.05, 4.69) is 10.4 Å². The zero-order chi connectivity index (χ0) is 9.42. The van der Waals surface area contributed by atoms with Gasteiger partial charge in [0.2, 0.25) is 11.8 Å². The third-order valence-electron chi connectivity index (χ3n) is 2.06. The first-order chi connectivity index (χ1) is 6.18. The summed E-state index contributed by atoms with van der Waals surface area (Å²) in [5.74, 6) is 0.483. The van der Waals surface area contributed by atoms with E-state index in [1.54, 1.807) is 17.9 Å². The molecule has 0 saturated heterocycles. The normalized spacial score (nSPS) is 21.4. The molecule has 5 heteroatoms. The van der Waals surface area contributed by atoms with Crippen molar-refractivity contribution in [2.75, 3.05) is 11.9 Å². The highest BCUT2D eigenvalue weighted by Gasteiger charge is 2.22. The monoisotopic (exact) mass is 181 g/mol. The third-order valence-corrected chi connectivity index (χ3v) is 2.06. The summed E-state index contributed by atoms with van der Waals surface area (Å²) in [4.78, 5) is 11.4. The topological polar surface area (TPSA) is 56.1 Å². The summed E-state index contributed by atoms with van der Waals surface area (Å²) in [6.07, 6.45) is 1.59. The fourth-order valence-corrected chi connectivity index (χ4v) is 1.22. The van der Waals surface area contributed by atoms with Crippen LogP contribution < -0.4 is 10.1 Å². The second-order valence-corrected chi connectivity index (χ2v) is 3.19. The summed E-state index contributed by atoms with van der Waals surface area (Å²) >= 11 is 0. The number of ether oxygens (including phenoxy) is 1. The molecule has 5 nitrogen and oxygen atoms in total. The predicted molar refractivity (Wildman–Crippen MR) is 46.5 cm³/mol. The Kier molecular flexibility index (Phi) is 1.72. The lowest BCUT2D eigenvalue weighted by atomic mass is 10.2. The minimum absolute atomic E-state index is 0.0215. The average molecular weight is 181 g/mol. The summed E-state index contributed by atoms with van der Waals surface area (Å²) in [5.41, 5.74) is 0.650. The Morgan fingerprint density at radius 2 is 2.54 bits per heavy atom. The molecule has 0 saturated carbocycles. The van der Waals surface area contributed by atoms with E-state index in [0.717, 1.165) is 0 Å². The highest BCUT2D eigenvalue weighted by Crippen LogP contribution is 2.26. The highest BCUT2D eigenvalue weighted by atomic mass is 16.5. The van der Waals surface area contributed by atoms with Gasteiger partial charge in [-0.05, 0) is 0 Å². The molecule has 1 amide bonds. The van der Waals surface area contributed by atoms with E-state index < -0.39 is 0 Å². The van der Waals surface area contributed by atoms with Crippen LogP contribution in [0.2, 0.25) is 0 Å². The van der Waals surface area contributed by atoms with Crippen molar-refractivity contribution in [1.29, 1.82) is 0 Å². The first kappa shape index (κ1) is 8.10. The molecular formula is C8H11N3O2. The Morgan fingerprint density at radius 1 is 1.77 bits per heavy atom. The number of aryl methyl sites for hydroxylation is 1. The van der Waals surface area contributed by atoms with Crippen molar-refractivity contribution in [3.05, 3.63) is 6.20 Å². The quantitative estimate of drug-likeness (QED) is 0.629. The van der Waals surface area contributed by atoms with E-state index in [0.29, 0.717) is 18.2 Å². The lowest BCUT2D eigenvalue weighted by Crippen LogP contribution is -2.22. The van der Waals surface area contributed by atoms with Gasteiger partial charge in [-0.2, -0.15) is 5.10 Å². The SMILES string of the molecule is C[C@H]1COc2c(cnn2C)NC1=O. The molecule has 1 aliphatic rings. The van der Waals surface area contributed by atoms with Crippen molar-refractivity contribution in [3.63, 3.8) is 0 Å². The molecule has 0 bridgehead atoms. The van der Waals surface area contributed by atoms with Crippen LogP contribution in [-0.4, -0.2) is 22.3 Å². The number of carbonyl (C=O) groups excluding carboxylic acids is 1. The van der Waals surface area contributed by atoms with Gasteiger partial charge in [0.05, 0.1) is 12.1 Å². The van der Waals surface area contributed by atoms with Gasteiger partial charge in [-0.25, -0.2) is 4.68 Å². The zero-order valence-electron chi connectivity index (χ0n) is 7.57. The Labute approximate surface area is 75.7 Å². The van der Waals surface area contributed by atoms with Crippen LogP contribution in [-0.2, 0) is 11.8 Å². The molecule has 2 rings (SSSR count). The lowest BCUT2D eigenvalue weighted by Gasteiger charge is -2.05. The molecular weight excluding hydrogens is 170 g/mol. The summed E-state index contributed by atoms with van der Waals surface area (Å²) in [7, 11) is 1.78. The largest absolute Gasteiger partial charge is 0.476 e. The Morgan fingerprint density at radius 3 is 3.31 bits per heavy atom. The number of aromatic nitrogens is 2. The molecule has 1 aromatic heterocycles. The maximum atomic E-state index is 11.4. The van der Waals surface area contributed by atoms with Gasteiger partial charge in [-0.1, -0.05) is 6.92 Å². The van der Waals surface area contributed by atoms with E-state index in [1.807, 2.05) is 6.92 Å². The fraction of sp³-hybridized carbons (Fsp3) is 0.500. The number of fused-ring (bicyclic) bond motifs is 1. The van der Waals surface area contributed by atoms with Gasteiger partial charge in [-0.3, -0.25) is 4.79 Å². The van der Waals surface area contributed by atoms with E-state index in [1.165, 1.54) is 0 Å². The van der Waals surface area contributed by atoms with Crippen molar-refractivity contribution in [3.8, 4) is 5.88 Å². The number of anilines is 1. The first-order valence-corrected chi connectivity index (χ1v) is 4.14. The second kappa shape index (κ2) is 2.76. The molecule has 0 spiro atoms. The Bertz CT molecular complexity index is 345. The van der Waals surface area contributed by atoms with E-state index in [9.17, 15) is 4.79 Å². The molecule has 1 aromatic rings. The van der Waals surface area contributed by atoms with Gasteiger partial charge in [0.15, 0.2) is 0 Å². The maximum absolute atomic E-state index is 11.4. The third kappa shape index (κ3) is 1.26. The van der Waals surface area contributed by atoms with E-state index >= 15 is 0 Å². The number of rotatable bonds is 0. The van der Waals surface area contributed by atoms with Crippen LogP contribution in [0.5, 0.6) is 5.88 Å². The minimum Gasteiger partial charge on any atom is -0.476 e. The van der Waals surface area contributed by atoms with Gasteiger partial charge >= 0.3 is 0 Å². The Balaban J connectivity index is 2.36. The van der Waals surface area contributed by atoms with Gasteiger partial charge < -0.3 is 10.1 Å². The summed E-state index contributed by atoms with van der Waals surface area (Å²) in [6.45, 7) is 2.23. The van der Waals surface area contributed by atoms with Crippen LogP contribution in [0.25, 0.3) is 0 Å². The second-order valence-electron chi connectivity index (χ2n) is 3.19. The number of nitrogens with one attached hydrogen (secondary N) is 1. The van der Waals surface area contributed by atoms with Crippen molar-refractivity contribution >= 4 is 11.6 Å². The molecule has 1 aliphatic heterocycles. The molecule has 13 heavy (non-hydrogen) atoms. The number of amides is 1. The van der Waals surface area contributed by atoms with Gasteiger partial charge in [0.1, 0.15) is 12.3 Å². The summed E-state index contributed by atoms with van der Waals surface area (Å²) in [6, 6.07) is 0. The lowest BCUT2D eigenvalue weighted by molar-refractivity contribution is -0.119. The summed E-state index contributed by atoms with van der Waals surface area (Å²) in [5, 5.41) is 6.72. The zero-order valence-corrected chi connectivity index (χ0v) is 7.57. The standard InChI is InChI=1S/C8H11N3O2/c1-5-4-13-8-6(10-7(5)12)3-9-11(8)2/h3,5H,4H2,1-2H3,(H,10,12)/t5-/m0/s1. The van der Waals surface area contributed by atoms with Gasteiger partial charge in [0, 0.05) is 7.05 Å². The smallest absolute Gasteiger partial charge is 0.236 e. The molecule has 0 unspecified atom stereocenters. The number of carbonyl (C=O) groups is 1. The van der Waals surface area contributed by atoms with Crippen LogP contribution >= 0.6 is 0 Å². The number of hydrogen-bond donors (Lipinski definition) is 1. The van der Waals surface area contributed by atoms with Crippen molar-refractivity contribution in [2.45, 2.75) is 6.92 Å². The van der Waals surface area contributed by atoms with Crippen LogP contribution in [0, 0.1) is 5.92 Å². The molecule has 70 valence electrons. The van der Waals surface area contributed by atoms with Crippen LogP contribution in [0.4, 0.5) is 5.69 Å².